The van der Waals surface area contributed by atoms with Crippen molar-refractivity contribution in [1.82, 2.24) is 5.32 Å². The van der Waals surface area contributed by atoms with Crippen molar-refractivity contribution in [3.05, 3.63) is 84.9 Å². The van der Waals surface area contributed by atoms with Gasteiger partial charge in [0.15, 0.2) is 6.04 Å². The fourth-order valence-electron chi connectivity index (χ4n) is 8.38. The highest BCUT2D eigenvalue weighted by atomic mass is 16.3. The summed E-state index contributed by atoms with van der Waals surface area (Å²) in [6, 6.07) is 23.5. The van der Waals surface area contributed by atoms with Gasteiger partial charge in [0.2, 0.25) is 0 Å². The Hall–Kier alpha value is -4.17. The zero-order valence-corrected chi connectivity index (χ0v) is 22.8. The standard InChI is InChI=1S/C33H34N4O4/c38-29-28(35-31(40)34-24-9-3-1-4-10-24)30(39)37(25-11-5-2-6-12-25)27-14-8-7-13-26(27)36(29)21-32-16-22-15-23(17-32)19-33(41,18-22)20-32/h1-14,22-23,28,41H,15-21H2,(H2,34,35,40)/t22-,23?,28?,32?,33?/m1/s1. The van der Waals surface area contributed by atoms with Crippen molar-refractivity contribution in [3.63, 3.8) is 0 Å². The first-order chi connectivity index (χ1) is 19.8. The summed E-state index contributed by atoms with van der Waals surface area (Å²) in [4.78, 5) is 45.1. The summed E-state index contributed by atoms with van der Waals surface area (Å²) in [5.41, 5.74) is 1.47. The lowest BCUT2D eigenvalue weighted by molar-refractivity contribution is -0.161. The van der Waals surface area contributed by atoms with Gasteiger partial charge in [-0.15, -0.1) is 0 Å². The summed E-state index contributed by atoms with van der Waals surface area (Å²) >= 11 is 0. The van der Waals surface area contributed by atoms with E-state index in [-0.39, 0.29) is 5.41 Å². The Balaban J connectivity index is 1.29. The Labute approximate surface area is 239 Å². The number of nitrogens with zero attached hydrogens (tertiary/aromatic N) is 2. The van der Waals surface area contributed by atoms with Crippen LogP contribution in [0.15, 0.2) is 84.9 Å². The molecule has 8 heteroatoms. The molecule has 4 amide bonds. The van der Waals surface area contributed by atoms with E-state index >= 15 is 0 Å². The van der Waals surface area contributed by atoms with Gasteiger partial charge in [-0.3, -0.25) is 14.5 Å². The molecule has 0 spiro atoms. The normalized spacial score (nSPS) is 30.1. The van der Waals surface area contributed by atoms with Crippen LogP contribution in [0.5, 0.6) is 0 Å². The van der Waals surface area contributed by atoms with Crippen LogP contribution in [-0.2, 0) is 9.59 Å². The molecule has 4 aliphatic carbocycles. The Morgan fingerprint density at radius 1 is 0.805 bits per heavy atom. The maximum Gasteiger partial charge on any atom is 0.320 e. The average Bonchev–Trinajstić information content (AvgIpc) is 3.02. The van der Waals surface area contributed by atoms with Gasteiger partial charge in [0.05, 0.1) is 17.0 Å². The molecule has 41 heavy (non-hydrogen) atoms. The molecule has 4 fully saturated rings. The van der Waals surface area contributed by atoms with Crippen molar-refractivity contribution < 1.29 is 19.5 Å². The molecule has 1 aliphatic heterocycles. The molecule has 0 radical (unpaired) electrons. The minimum atomic E-state index is -1.44. The van der Waals surface area contributed by atoms with E-state index in [1.54, 1.807) is 29.2 Å². The summed E-state index contributed by atoms with van der Waals surface area (Å²) in [5.74, 6) is -0.0893. The molecule has 0 saturated heterocycles. The van der Waals surface area contributed by atoms with Crippen molar-refractivity contribution in [1.29, 1.82) is 0 Å². The molecule has 3 aromatic rings. The molecule has 3 aromatic carbocycles. The lowest BCUT2D eigenvalue weighted by atomic mass is 9.48. The minimum Gasteiger partial charge on any atom is -0.390 e. The van der Waals surface area contributed by atoms with Crippen LogP contribution in [0.2, 0.25) is 0 Å². The highest BCUT2D eigenvalue weighted by molar-refractivity contribution is 6.24. The van der Waals surface area contributed by atoms with Gasteiger partial charge < -0.3 is 20.6 Å². The third-order valence-electron chi connectivity index (χ3n) is 9.36. The van der Waals surface area contributed by atoms with E-state index in [1.165, 1.54) is 4.90 Å². The average molecular weight is 551 g/mol. The number of fused-ring (bicyclic) bond motifs is 1. The second kappa shape index (κ2) is 9.73. The predicted molar refractivity (Wildman–Crippen MR) is 157 cm³/mol. The van der Waals surface area contributed by atoms with Gasteiger partial charge in [-0.2, -0.15) is 0 Å². The number of carbonyl (C=O) groups excluding carboxylic acids is 3. The second-order valence-corrected chi connectivity index (χ2v) is 12.5. The first-order valence-corrected chi connectivity index (χ1v) is 14.5. The number of aliphatic hydroxyl groups is 1. The van der Waals surface area contributed by atoms with Crippen molar-refractivity contribution in [3.8, 4) is 0 Å². The summed E-state index contributed by atoms with van der Waals surface area (Å²) < 4.78 is 0. The first-order valence-electron chi connectivity index (χ1n) is 14.5. The fourth-order valence-corrected chi connectivity index (χ4v) is 8.38. The maximum absolute atomic E-state index is 14.5. The van der Waals surface area contributed by atoms with Crippen LogP contribution in [0.4, 0.5) is 27.5 Å². The molecule has 4 unspecified atom stereocenters. The number of urea groups is 1. The third kappa shape index (κ3) is 4.66. The van der Waals surface area contributed by atoms with E-state index in [9.17, 15) is 19.5 Å². The second-order valence-electron chi connectivity index (χ2n) is 12.5. The minimum absolute atomic E-state index is 0.233. The summed E-state index contributed by atoms with van der Waals surface area (Å²) in [7, 11) is 0. The number of nitrogens with one attached hydrogen (secondary N) is 2. The molecule has 3 N–H and O–H groups in total. The Bertz CT molecular complexity index is 1480. The number of benzene rings is 3. The van der Waals surface area contributed by atoms with Gasteiger partial charge in [-0.1, -0.05) is 48.5 Å². The smallest absolute Gasteiger partial charge is 0.320 e. The van der Waals surface area contributed by atoms with Crippen LogP contribution in [0, 0.1) is 17.3 Å². The third-order valence-corrected chi connectivity index (χ3v) is 9.36. The van der Waals surface area contributed by atoms with Gasteiger partial charge in [-0.05, 0) is 92.2 Å². The van der Waals surface area contributed by atoms with E-state index in [2.05, 4.69) is 10.6 Å². The molecule has 5 aliphatic rings. The molecule has 0 aromatic heterocycles. The fraction of sp³-hybridized carbons (Fsp3) is 0.364. The highest BCUT2D eigenvalue weighted by Crippen LogP contribution is 2.62. The van der Waals surface area contributed by atoms with Gasteiger partial charge >= 0.3 is 6.03 Å². The van der Waals surface area contributed by atoms with Crippen LogP contribution in [0.3, 0.4) is 0 Å². The monoisotopic (exact) mass is 550 g/mol. The molecule has 5 atom stereocenters. The summed E-state index contributed by atoms with van der Waals surface area (Å²) in [6.07, 6.45) is 5.38. The molecule has 1 heterocycles. The Morgan fingerprint density at radius 3 is 2.07 bits per heavy atom. The largest absolute Gasteiger partial charge is 0.390 e. The van der Waals surface area contributed by atoms with Gasteiger partial charge in [0, 0.05) is 17.9 Å². The molecule has 210 valence electrons. The van der Waals surface area contributed by atoms with Crippen LogP contribution in [-0.4, -0.2) is 41.1 Å². The summed E-state index contributed by atoms with van der Waals surface area (Å²) in [6.45, 7) is 0.395. The van der Waals surface area contributed by atoms with Crippen LogP contribution in [0.1, 0.15) is 38.5 Å². The number of amides is 4. The van der Waals surface area contributed by atoms with E-state index in [1.807, 2.05) is 60.7 Å². The SMILES string of the molecule is O=C(Nc1ccccc1)NC1C(=O)N(CC23CC4C[C@@H](CC(O)(C4)C2)C3)c2ccccc2N(c2ccccc2)C1=O. The van der Waals surface area contributed by atoms with Crippen LogP contribution < -0.4 is 20.4 Å². The van der Waals surface area contributed by atoms with Crippen molar-refractivity contribution >= 4 is 40.6 Å². The zero-order chi connectivity index (χ0) is 28.2. The lowest BCUT2D eigenvalue weighted by Crippen LogP contribution is -2.61. The quantitative estimate of drug-likeness (QED) is 0.379. The number of para-hydroxylation sites is 4. The van der Waals surface area contributed by atoms with Crippen LogP contribution >= 0.6 is 0 Å². The number of carbonyl (C=O) groups is 3. The predicted octanol–water partition coefficient (Wildman–Crippen LogP) is 5.22. The van der Waals surface area contributed by atoms with Crippen LogP contribution in [0.25, 0.3) is 0 Å². The van der Waals surface area contributed by atoms with E-state index < -0.39 is 29.5 Å². The van der Waals surface area contributed by atoms with Crippen molar-refractivity contribution in [2.24, 2.45) is 17.3 Å². The number of hydrogen-bond donors (Lipinski definition) is 3. The Kier molecular flexibility index (Phi) is 6.12. The number of rotatable bonds is 5. The number of hydrogen-bond acceptors (Lipinski definition) is 4. The summed E-state index contributed by atoms with van der Waals surface area (Å²) in [5, 5.41) is 16.9. The zero-order valence-electron chi connectivity index (χ0n) is 22.8. The first kappa shape index (κ1) is 25.8. The highest BCUT2D eigenvalue weighted by Gasteiger charge is 2.58. The van der Waals surface area contributed by atoms with Crippen molar-refractivity contribution in [2.75, 3.05) is 21.7 Å². The number of anilines is 4. The molecular formula is C33H34N4O4. The molecule has 4 bridgehead atoms. The van der Waals surface area contributed by atoms with Gasteiger partial charge in [0.25, 0.3) is 11.8 Å². The molecule has 8 nitrogen and oxygen atoms in total. The van der Waals surface area contributed by atoms with E-state index in [0.29, 0.717) is 47.6 Å². The van der Waals surface area contributed by atoms with Crippen molar-refractivity contribution in [2.45, 2.75) is 50.2 Å². The van der Waals surface area contributed by atoms with E-state index in [4.69, 9.17) is 0 Å². The topological polar surface area (TPSA) is 102 Å². The van der Waals surface area contributed by atoms with Gasteiger partial charge in [-0.25, -0.2) is 4.79 Å². The lowest BCUT2D eigenvalue weighted by Gasteiger charge is -2.61. The maximum atomic E-state index is 14.5. The van der Waals surface area contributed by atoms with Gasteiger partial charge in [0.1, 0.15) is 0 Å². The molecule has 8 rings (SSSR count). The molecular weight excluding hydrogens is 516 g/mol. The molecule has 4 saturated carbocycles. The Morgan fingerprint density at radius 2 is 1.41 bits per heavy atom. The van der Waals surface area contributed by atoms with E-state index in [0.717, 1.165) is 32.1 Å².